The minimum Gasteiger partial charge on any atom is -0.471 e. The molecule has 1 aromatic heterocycles. The van der Waals surface area contributed by atoms with Crippen LogP contribution in [0.2, 0.25) is 10.0 Å². The van der Waals surface area contributed by atoms with Crippen LogP contribution in [0.5, 0.6) is 5.75 Å². The van der Waals surface area contributed by atoms with Crippen LogP contribution >= 0.6 is 23.2 Å². The summed E-state index contributed by atoms with van der Waals surface area (Å²) < 4.78 is 7.35. The second-order valence-corrected chi connectivity index (χ2v) is 8.02. The van der Waals surface area contributed by atoms with E-state index in [-0.39, 0.29) is 12.6 Å². The van der Waals surface area contributed by atoms with Gasteiger partial charge in [0.2, 0.25) is 0 Å². The van der Waals surface area contributed by atoms with E-state index in [1.807, 2.05) is 48.2 Å². The van der Waals surface area contributed by atoms with Gasteiger partial charge in [-0.3, -0.25) is 4.79 Å². The Morgan fingerprint density at radius 2 is 1.77 bits per heavy atom. The van der Waals surface area contributed by atoms with Crippen LogP contribution in [0.4, 0.5) is 5.69 Å². The van der Waals surface area contributed by atoms with E-state index >= 15 is 0 Å². The number of aromatic nitrogens is 2. The average Bonchev–Trinajstić information content (AvgIpc) is 3.24. The summed E-state index contributed by atoms with van der Waals surface area (Å²) in [4.78, 5) is 16.9. The van der Waals surface area contributed by atoms with Gasteiger partial charge < -0.3 is 14.5 Å². The lowest BCUT2D eigenvalue weighted by molar-refractivity contribution is 0.0738. The van der Waals surface area contributed by atoms with Gasteiger partial charge >= 0.3 is 0 Å². The number of carbonyl (C=O) groups excluding carboxylic acids is 1. The van der Waals surface area contributed by atoms with E-state index in [0.29, 0.717) is 29.6 Å². The number of carbonyl (C=O) groups is 1. The summed E-state index contributed by atoms with van der Waals surface area (Å²) in [7, 11) is 0. The molecule has 0 N–H and O–H groups in total. The van der Waals surface area contributed by atoms with E-state index in [2.05, 4.69) is 10.00 Å². The van der Waals surface area contributed by atoms with Crippen molar-refractivity contribution in [1.29, 1.82) is 0 Å². The SMILES string of the molecule is Cc1cc(OCn2ccc(C(=O)N3CCN(c4ccc(Cl)cc4)CC3)n2)ccc1Cl. The maximum Gasteiger partial charge on any atom is 0.274 e. The number of aryl methyl sites for hydroxylation is 1. The van der Waals surface area contributed by atoms with Gasteiger partial charge in [-0.15, -0.1) is 0 Å². The van der Waals surface area contributed by atoms with Crippen molar-refractivity contribution >= 4 is 34.8 Å². The van der Waals surface area contributed by atoms with Crippen LogP contribution in [0.25, 0.3) is 0 Å². The lowest BCUT2D eigenvalue weighted by atomic mass is 10.2. The number of rotatable bonds is 5. The summed E-state index contributed by atoms with van der Waals surface area (Å²) in [5.74, 6) is 0.644. The van der Waals surface area contributed by atoms with E-state index in [9.17, 15) is 4.79 Å². The summed E-state index contributed by atoms with van der Waals surface area (Å²) in [6, 6.07) is 15.0. The fourth-order valence-electron chi connectivity index (χ4n) is 3.38. The number of piperazine rings is 1. The Kier molecular flexibility index (Phi) is 6.16. The molecule has 1 amide bonds. The molecule has 0 saturated carbocycles. The third-order valence-electron chi connectivity index (χ3n) is 5.11. The third-order valence-corrected chi connectivity index (χ3v) is 5.79. The molecule has 1 saturated heterocycles. The number of amides is 1. The minimum absolute atomic E-state index is 0.0631. The van der Waals surface area contributed by atoms with Crippen molar-refractivity contribution in [2.75, 3.05) is 31.1 Å². The second-order valence-electron chi connectivity index (χ2n) is 7.18. The van der Waals surface area contributed by atoms with Crippen LogP contribution in [0, 0.1) is 6.92 Å². The lowest BCUT2D eigenvalue weighted by Gasteiger charge is -2.35. The highest BCUT2D eigenvalue weighted by molar-refractivity contribution is 6.31. The minimum atomic E-state index is -0.0631. The lowest BCUT2D eigenvalue weighted by Crippen LogP contribution is -2.48. The standard InChI is InChI=1S/C22H22Cl2N4O2/c1-16-14-19(6-7-20(16)24)30-15-28-9-8-21(25-28)22(29)27-12-10-26(11-13-27)18-4-2-17(23)3-5-18/h2-9,14H,10-13,15H2,1H3. The predicted octanol–water partition coefficient (Wildman–Crippen LogP) is 4.50. The van der Waals surface area contributed by atoms with Crippen molar-refractivity contribution in [1.82, 2.24) is 14.7 Å². The summed E-state index contributed by atoms with van der Waals surface area (Å²) >= 11 is 12.0. The number of ether oxygens (including phenoxy) is 1. The topological polar surface area (TPSA) is 50.6 Å². The monoisotopic (exact) mass is 444 g/mol. The molecule has 6 nitrogen and oxygen atoms in total. The average molecular weight is 445 g/mol. The van der Waals surface area contributed by atoms with Gasteiger partial charge in [0.1, 0.15) is 5.75 Å². The maximum atomic E-state index is 12.8. The van der Waals surface area contributed by atoms with Gasteiger partial charge in [-0.25, -0.2) is 4.68 Å². The normalized spacial score (nSPS) is 14.1. The van der Waals surface area contributed by atoms with Crippen molar-refractivity contribution in [3.63, 3.8) is 0 Å². The Morgan fingerprint density at radius 1 is 1.03 bits per heavy atom. The quantitative estimate of drug-likeness (QED) is 0.581. The van der Waals surface area contributed by atoms with Gasteiger partial charge in [0.15, 0.2) is 12.4 Å². The van der Waals surface area contributed by atoms with E-state index < -0.39 is 0 Å². The molecule has 4 rings (SSSR count). The molecule has 0 unspecified atom stereocenters. The number of anilines is 1. The molecule has 8 heteroatoms. The highest BCUT2D eigenvalue weighted by atomic mass is 35.5. The molecule has 0 bridgehead atoms. The molecular weight excluding hydrogens is 423 g/mol. The number of hydrogen-bond acceptors (Lipinski definition) is 4. The summed E-state index contributed by atoms with van der Waals surface area (Å²) in [5, 5.41) is 5.79. The Hall–Kier alpha value is -2.70. The zero-order chi connectivity index (χ0) is 21.1. The number of halogens is 2. The molecule has 3 aromatic rings. The summed E-state index contributed by atoms with van der Waals surface area (Å²) in [5.41, 5.74) is 2.49. The summed E-state index contributed by atoms with van der Waals surface area (Å²) in [6.07, 6.45) is 1.75. The van der Waals surface area contributed by atoms with Gasteiger partial charge in [0.25, 0.3) is 5.91 Å². The first-order valence-electron chi connectivity index (χ1n) is 9.72. The van der Waals surface area contributed by atoms with E-state index in [1.54, 1.807) is 23.0 Å². The molecule has 1 aliphatic heterocycles. The van der Waals surface area contributed by atoms with Crippen LogP contribution in [0.1, 0.15) is 16.1 Å². The van der Waals surface area contributed by atoms with Gasteiger partial charge in [-0.1, -0.05) is 23.2 Å². The first kappa shape index (κ1) is 20.6. The van der Waals surface area contributed by atoms with Crippen molar-refractivity contribution in [3.05, 3.63) is 76.0 Å². The van der Waals surface area contributed by atoms with E-state index in [1.165, 1.54) is 0 Å². The number of hydrogen-bond donors (Lipinski definition) is 0. The molecule has 0 aliphatic carbocycles. The molecular formula is C22H22Cl2N4O2. The van der Waals surface area contributed by atoms with Crippen molar-refractivity contribution < 1.29 is 9.53 Å². The van der Waals surface area contributed by atoms with E-state index in [4.69, 9.17) is 27.9 Å². The van der Waals surface area contributed by atoms with Crippen LogP contribution in [0.3, 0.4) is 0 Å². The van der Waals surface area contributed by atoms with Gasteiger partial charge in [0, 0.05) is 48.1 Å². The molecule has 2 heterocycles. The fourth-order valence-corrected chi connectivity index (χ4v) is 3.62. The molecule has 0 atom stereocenters. The molecule has 0 radical (unpaired) electrons. The van der Waals surface area contributed by atoms with Crippen molar-refractivity contribution in [2.45, 2.75) is 13.7 Å². The van der Waals surface area contributed by atoms with Gasteiger partial charge in [-0.05, 0) is 61.0 Å². The zero-order valence-corrected chi connectivity index (χ0v) is 18.1. The highest BCUT2D eigenvalue weighted by Crippen LogP contribution is 2.22. The van der Waals surface area contributed by atoms with E-state index in [0.717, 1.165) is 29.4 Å². The predicted molar refractivity (Wildman–Crippen MR) is 119 cm³/mol. The van der Waals surface area contributed by atoms with Crippen LogP contribution in [-0.4, -0.2) is 46.8 Å². The first-order valence-corrected chi connectivity index (χ1v) is 10.5. The Bertz CT molecular complexity index is 1030. The van der Waals surface area contributed by atoms with Crippen LogP contribution in [-0.2, 0) is 6.73 Å². The largest absolute Gasteiger partial charge is 0.471 e. The number of nitrogens with zero attached hydrogens (tertiary/aromatic N) is 4. The Morgan fingerprint density at radius 3 is 2.47 bits per heavy atom. The molecule has 1 aliphatic rings. The highest BCUT2D eigenvalue weighted by Gasteiger charge is 2.23. The maximum absolute atomic E-state index is 12.8. The second kappa shape index (κ2) is 8.98. The van der Waals surface area contributed by atoms with Crippen LogP contribution < -0.4 is 9.64 Å². The fraction of sp³-hybridized carbons (Fsp3) is 0.273. The smallest absolute Gasteiger partial charge is 0.274 e. The van der Waals surface area contributed by atoms with Crippen molar-refractivity contribution in [2.24, 2.45) is 0 Å². The van der Waals surface area contributed by atoms with Gasteiger partial charge in [0.05, 0.1) is 0 Å². The van der Waals surface area contributed by atoms with Gasteiger partial charge in [-0.2, -0.15) is 5.10 Å². The Labute approximate surface area is 185 Å². The molecule has 1 fully saturated rings. The molecule has 2 aromatic carbocycles. The molecule has 30 heavy (non-hydrogen) atoms. The van der Waals surface area contributed by atoms with Crippen LogP contribution in [0.15, 0.2) is 54.7 Å². The molecule has 156 valence electrons. The number of benzene rings is 2. The zero-order valence-electron chi connectivity index (χ0n) is 16.6. The molecule has 0 spiro atoms. The third kappa shape index (κ3) is 4.71. The summed E-state index contributed by atoms with van der Waals surface area (Å²) in [6.45, 7) is 4.98. The first-order chi connectivity index (χ1) is 14.5. The Balaban J connectivity index is 1.31. The van der Waals surface area contributed by atoms with Crippen molar-refractivity contribution in [3.8, 4) is 5.75 Å².